The fourth-order valence-corrected chi connectivity index (χ4v) is 4.54. The minimum atomic E-state index is -4.81. The Labute approximate surface area is 157 Å². The van der Waals surface area contributed by atoms with Crippen LogP contribution in [-0.2, 0) is 10.3 Å². The molecule has 0 aromatic heterocycles. The molecule has 148 valence electrons. The van der Waals surface area contributed by atoms with E-state index in [-0.39, 0.29) is 17.9 Å². The van der Waals surface area contributed by atoms with Crippen LogP contribution in [-0.4, -0.2) is 6.36 Å². The van der Waals surface area contributed by atoms with E-state index in [1.807, 2.05) is 0 Å². The van der Waals surface area contributed by atoms with E-state index in [0.29, 0.717) is 30.0 Å². The van der Waals surface area contributed by atoms with Crippen molar-refractivity contribution in [3.63, 3.8) is 0 Å². The van der Waals surface area contributed by atoms with Crippen molar-refractivity contribution in [1.82, 2.24) is 0 Å². The summed E-state index contributed by atoms with van der Waals surface area (Å²) in [6.07, 6.45) is 0.878. The van der Waals surface area contributed by atoms with Gasteiger partial charge < -0.3 is 0 Å². The lowest BCUT2D eigenvalue weighted by Crippen LogP contribution is -2.45. The average molecular weight is 382 g/mol. The van der Waals surface area contributed by atoms with E-state index in [4.69, 9.17) is 4.74 Å². The van der Waals surface area contributed by atoms with Gasteiger partial charge in [-0.1, -0.05) is 75.4 Å². The van der Waals surface area contributed by atoms with Crippen molar-refractivity contribution in [2.24, 2.45) is 5.92 Å². The summed E-state index contributed by atoms with van der Waals surface area (Å²) >= 11 is 0. The third-order valence-corrected chi connectivity index (χ3v) is 5.78. The zero-order chi connectivity index (χ0) is 19.5. The lowest BCUT2D eigenvalue weighted by Gasteiger charge is -2.45. The fraction of sp³-hybridized carbons (Fsp3) is 0.545. The minimum absolute atomic E-state index is 0.0553. The monoisotopic (exact) mass is 382 g/mol. The maximum atomic E-state index is 15.4. The second kappa shape index (κ2) is 8.17. The Balaban J connectivity index is 2.10. The maximum absolute atomic E-state index is 15.4. The Hall–Kier alpha value is -1.62. The topological polar surface area (TPSA) is 9.23 Å². The normalized spacial score (nSPS) is 23.7. The van der Waals surface area contributed by atoms with Crippen LogP contribution >= 0.6 is 0 Å². The molecule has 2 aromatic rings. The summed E-state index contributed by atoms with van der Waals surface area (Å²) < 4.78 is 60.5. The largest absolute Gasteiger partial charge is 0.523 e. The molecule has 1 nitrogen and oxygen atoms in total. The molecule has 2 unspecified atom stereocenters. The first-order valence-electron chi connectivity index (χ1n) is 9.82. The first-order valence-corrected chi connectivity index (χ1v) is 9.82. The molecule has 0 spiro atoms. The van der Waals surface area contributed by atoms with Gasteiger partial charge in [0.25, 0.3) is 0 Å². The van der Waals surface area contributed by atoms with Gasteiger partial charge in [0, 0.05) is 10.9 Å². The van der Waals surface area contributed by atoms with Crippen LogP contribution in [0.1, 0.15) is 63.9 Å². The molecule has 5 heteroatoms. The molecule has 0 saturated heterocycles. The minimum Gasteiger partial charge on any atom is -0.280 e. The number of rotatable bonds is 6. The van der Waals surface area contributed by atoms with Crippen LogP contribution in [0, 0.1) is 11.7 Å². The van der Waals surface area contributed by atoms with Gasteiger partial charge in [-0.25, -0.2) is 4.39 Å². The van der Waals surface area contributed by atoms with Crippen molar-refractivity contribution in [2.75, 3.05) is 0 Å². The highest BCUT2D eigenvalue weighted by Gasteiger charge is 2.51. The first-order chi connectivity index (χ1) is 12.9. The fourth-order valence-electron chi connectivity index (χ4n) is 4.54. The molecule has 27 heavy (non-hydrogen) atoms. The molecule has 0 aliphatic heterocycles. The van der Waals surface area contributed by atoms with Crippen LogP contribution in [0.3, 0.4) is 0 Å². The van der Waals surface area contributed by atoms with Crippen molar-refractivity contribution in [3.05, 3.63) is 47.8 Å². The highest BCUT2D eigenvalue weighted by molar-refractivity contribution is 5.84. The summed E-state index contributed by atoms with van der Waals surface area (Å²) in [5.74, 6) is -0.921. The smallest absolute Gasteiger partial charge is 0.280 e. The molecule has 0 bridgehead atoms. The average Bonchev–Trinajstić information content (AvgIpc) is 2.62. The number of benzene rings is 2. The molecule has 2 aromatic carbocycles. The van der Waals surface area contributed by atoms with E-state index in [0.717, 1.165) is 25.7 Å². The molecular formula is C22H26F4O. The summed E-state index contributed by atoms with van der Waals surface area (Å²) in [5, 5.41) is 1.03. The molecule has 0 heterocycles. The second-order valence-electron chi connectivity index (χ2n) is 7.52. The summed E-state index contributed by atoms with van der Waals surface area (Å²) in [7, 11) is 0. The van der Waals surface area contributed by atoms with Gasteiger partial charge >= 0.3 is 6.36 Å². The van der Waals surface area contributed by atoms with Crippen molar-refractivity contribution < 1.29 is 22.3 Å². The molecule has 1 aliphatic rings. The number of fused-ring (bicyclic) bond motifs is 1. The Bertz CT molecular complexity index is 770. The molecule has 1 aliphatic carbocycles. The quantitative estimate of drug-likeness (QED) is 0.372. The van der Waals surface area contributed by atoms with Gasteiger partial charge in [-0.2, -0.15) is 0 Å². The van der Waals surface area contributed by atoms with E-state index in [1.54, 1.807) is 30.3 Å². The Morgan fingerprint density at radius 1 is 1.07 bits per heavy atom. The van der Waals surface area contributed by atoms with E-state index in [1.165, 1.54) is 6.07 Å². The van der Waals surface area contributed by atoms with Gasteiger partial charge in [0.2, 0.25) is 0 Å². The summed E-state index contributed by atoms with van der Waals surface area (Å²) in [6.45, 7) is 2.06. The Morgan fingerprint density at radius 3 is 2.59 bits per heavy atom. The highest BCUT2D eigenvalue weighted by atomic mass is 19.4. The molecule has 1 fully saturated rings. The third kappa shape index (κ3) is 4.29. The predicted octanol–water partition coefficient (Wildman–Crippen LogP) is 7.48. The summed E-state index contributed by atoms with van der Waals surface area (Å²) in [4.78, 5) is 0. The highest BCUT2D eigenvalue weighted by Crippen LogP contribution is 2.51. The van der Waals surface area contributed by atoms with Gasteiger partial charge in [0.15, 0.2) is 0 Å². The Morgan fingerprint density at radius 2 is 1.85 bits per heavy atom. The SMILES string of the molecule is CCCCCC1CCCCC1(OC(F)(F)F)c1ccc2ccccc2c1F. The lowest BCUT2D eigenvalue weighted by molar-refractivity contribution is -0.384. The summed E-state index contributed by atoms with van der Waals surface area (Å²) in [5.41, 5.74) is -1.59. The number of hydrogen-bond acceptors (Lipinski definition) is 1. The van der Waals surface area contributed by atoms with Crippen LogP contribution in [0.15, 0.2) is 36.4 Å². The molecule has 0 amide bonds. The number of alkyl halides is 3. The van der Waals surface area contributed by atoms with E-state index < -0.39 is 17.8 Å². The maximum Gasteiger partial charge on any atom is 0.523 e. The zero-order valence-corrected chi connectivity index (χ0v) is 15.6. The van der Waals surface area contributed by atoms with Crippen LogP contribution in [0.4, 0.5) is 17.6 Å². The predicted molar refractivity (Wildman–Crippen MR) is 98.8 cm³/mol. The van der Waals surface area contributed by atoms with Crippen LogP contribution in [0.2, 0.25) is 0 Å². The zero-order valence-electron chi connectivity index (χ0n) is 15.6. The third-order valence-electron chi connectivity index (χ3n) is 5.78. The standard InChI is InChI=1S/C22H26F4O/c1-2-3-4-10-17-11-7-8-15-21(17,27-22(24,25)26)19-14-13-16-9-5-6-12-18(16)20(19)23/h5-6,9,12-14,17H,2-4,7-8,10-11,15H2,1H3. The molecule has 0 radical (unpaired) electrons. The van der Waals surface area contributed by atoms with Crippen molar-refractivity contribution in [3.8, 4) is 0 Å². The van der Waals surface area contributed by atoms with Crippen LogP contribution < -0.4 is 0 Å². The molecular weight excluding hydrogens is 356 g/mol. The van der Waals surface area contributed by atoms with E-state index in [9.17, 15) is 13.2 Å². The van der Waals surface area contributed by atoms with Gasteiger partial charge in [0.05, 0.1) is 0 Å². The molecule has 2 atom stereocenters. The van der Waals surface area contributed by atoms with Gasteiger partial charge in [-0.05, 0) is 30.6 Å². The van der Waals surface area contributed by atoms with Crippen molar-refractivity contribution in [2.45, 2.75) is 70.3 Å². The van der Waals surface area contributed by atoms with E-state index in [2.05, 4.69) is 6.92 Å². The van der Waals surface area contributed by atoms with Crippen LogP contribution in [0.5, 0.6) is 0 Å². The van der Waals surface area contributed by atoms with Gasteiger partial charge in [-0.3, -0.25) is 4.74 Å². The second-order valence-corrected chi connectivity index (χ2v) is 7.52. The van der Waals surface area contributed by atoms with Gasteiger partial charge in [-0.15, -0.1) is 13.2 Å². The molecule has 3 rings (SSSR count). The van der Waals surface area contributed by atoms with Crippen LogP contribution in [0.25, 0.3) is 10.8 Å². The number of unbranched alkanes of at least 4 members (excludes halogenated alkanes) is 2. The lowest BCUT2D eigenvalue weighted by atomic mass is 9.69. The summed E-state index contributed by atoms with van der Waals surface area (Å²) in [6, 6.07) is 10.1. The van der Waals surface area contributed by atoms with Gasteiger partial charge in [0.1, 0.15) is 11.4 Å². The first kappa shape index (κ1) is 20.1. The number of hydrogen-bond donors (Lipinski definition) is 0. The van der Waals surface area contributed by atoms with Crippen molar-refractivity contribution in [1.29, 1.82) is 0 Å². The molecule has 1 saturated carbocycles. The number of ether oxygens (including phenoxy) is 1. The van der Waals surface area contributed by atoms with E-state index >= 15 is 4.39 Å². The molecule has 0 N–H and O–H groups in total. The number of halogens is 4. The van der Waals surface area contributed by atoms with Crippen molar-refractivity contribution >= 4 is 10.8 Å². The Kier molecular flexibility index (Phi) is 6.09.